The molecule has 0 spiro atoms. The van der Waals surface area contributed by atoms with Crippen LogP contribution in [0.2, 0.25) is 0 Å². The Morgan fingerprint density at radius 2 is 1.68 bits per heavy atom. The molecule has 1 aromatic heterocycles. The number of hydrogen-bond donors (Lipinski definition) is 3. The minimum atomic E-state index is -4.53. The van der Waals surface area contributed by atoms with Crippen LogP contribution >= 0.6 is 0 Å². The lowest BCUT2D eigenvalue weighted by Gasteiger charge is -2.43. The van der Waals surface area contributed by atoms with Crippen molar-refractivity contribution in [1.29, 1.82) is 0 Å². The molecule has 1 aromatic carbocycles. The number of phenols is 1. The molecule has 4 heterocycles. The van der Waals surface area contributed by atoms with Gasteiger partial charge in [0.2, 0.25) is 0 Å². The Morgan fingerprint density at radius 1 is 1.00 bits per heavy atom. The van der Waals surface area contributed by atoms with Gasteiger partial charge in [0.05, 0.1) is 11.3 Å². The van der Waals surface area contributed by atoms with E-state index in [0.29, 0.717) is 29.2 Å². The molecule has 218 valence electrons. The van der Waals surface area contributed by atoms with Gasteiger partial charge in [-0.3, -0.25) is 4.90 Å². The fourth-order valence-corrected chi connectivity index (χ4v) is 6.11. The van der Waals surface area contributed by atoms with E-state index in [-0.39, 0.29) is 23.7 Å². The number of likely N-dealkylation sites (tertiary alicyclic amines) is 3. The molecule has 0 radical (unpaired) electrons. The van der Waals surface area contributed by atoms with Gasteiger partial charge in [-0.2, -0.15) is 13.2 Å². The summed E-state index contributed by atoms with van der Waals surface area (Å²) in [6.45, 7) is 6.71. The second kappa shape index (κ2) is 11.8. The van der Waals surface area contributed by atoms with E-state index in [1.54, 1.807) is 6.92 Å². The summed E-state index contributed by atoms with van der Waals surface area (Å²) in [5.74, 6) is 0.116. The third kappa shape index (κ3) is 6.43. The largest absolute Gasteiger partial charge is 0.507 e. The van der Waals surface area contributed by atoms with Gasteiger partial charge in [0.15, 0.2) is 0 Å². The van der Waals surface area contributed by atoms with Gasteiger partial charge >= 0.3 is 12.2 Å². The number of amides is 2. The van der Waals surface area contributed by atoms with Crippen LogP contribution in [0.1, 0.15) is 49.7 Å². The number of piperidine rings is 3. The number of nitrogens with one attached hydrogen (secondary N) is 1. The van der Waals surface area contributed by atoms with Crippen LogP contribution in [0.15, 0.2) is 24.3 Å². The van der Waals surface area contributed by atoms with Gasteiger partial charge in [-0.25, -0.2) is 4.79 Å². The maximum absolute atomic E-state index is 13.0. The van der Waals surface area contributed by atoms with Crippen molar-refractivity contribution in [1.82, 2.24) is 24.9 Å². The van der Waals surface area contributed by atoms with Crippen molar-refractivity contribution in [3.05, 3.63) is 35.4 Å². The van der Waals surface area contributed by atoms with Crippen LogP contribution in [0.25, 0.3) is 11.3 Å². The predicted octanol–water partition coefficient (Wildman–Crippen LogP) is 4.06. The van der Waals surface area contributed by atoms with Crippen LogP contribution in [0.4, 0.5) is 23.8 Å². The second-order valence-electron chi connectivity index (χ2n) is 11.3. The molecule has 3 saturated heterocycles. The summed E-state index contributed by atoms with van der Waals surface area (Å²) in [6, 6.07) is 5.65. The molecule has 12 heteroatoms. The van der Waals surface area contributed by atoms with E-state index in [9.17, 15) is 23.1 Å². The van der Waals surface area contributed by atoms with Crippen LogP contribution in [0.3, 0.4) is 0 Å². The van der Waals surface area contributed by atoms with E-state index in [0.717, 1.165) is 83.9 Å². The number of aromatic hydroxyl groups is 1. The lowest BCUT2D eigenvalue weighted by atomic mass is 9.97. The van der Waals surface area contributed by atoms with Gasteiger partial charge in [-0.05, 0) is 81.8 Å². The molecule has 0 aliphatic carbocycles. The zero-order chi connectivity index (χ0) is 28.4. The first kappa shape index (κ1) is 28.4. The Kier molecular flexibility index (Phi) is 8.37. The van der Waals surface area contributed by atoms with E-state index < -0.39 is 17.5 Å². The van der Waals surface area contributed by atoms with Gasteiger partial charge in [0.1, 0.15) is 11.6 Å². The Morgan fingerprint density at radius 3 is 2.30 bits per heavy atom. The Labute approximate surface area is 232 Å². The molecule has 2 aromatic rings. The number of carbonyl (C=O) groups excluding carboxylic acids is 1. The number of nitrogens with two attached hydrogens (primary N) is 1. The van der Waals surface area contributed by atoms with Crippen LogP contribution in [-0.4, -0.2) is 93.4 Å². The van der Waals surface area contributed by atoms with Crippen molar-refractivity contribution in [3.8, 4) is 17.0 Å². The number of aromatic nitrogens is 2. The van der Waals surface area contributed by atoms with E-state index in [2.05, 4.69) is 20.4 Å². The van der Waals surface area contributed by atoms with E-state index in [4.69, 9.17) is 5.73 Å². The maximum atomic E-state index is 13.0. The fraction of sp³-hybridized carbons (Fsp3) is 0.607. The average Bonchev–Trinajstić information content (AvgIpc) is 2.93. The summed E-state index contributed by atoms with van der Waals surface area (Å²) in [4.78, 5) is 19.4. The SMILES string of the molecule is Cc1cc(N[C@@H]2CCCN(C3CCN(C(=O)N4CCC(N)CC4)CC3)C2)nnc1-c1ccc(C(F)(F)F)cc1O. The number of hydrogen-bond acceptors (Lipinski definition) is 7. The topological polar surface area (TPSA) is 111 Å². The maximum Gasteiger partial charge on any atom is 0.416 e. The Bertz CT molecular complexity index is 1190. The minimum Gasteiger partial charge on any atom is -0.507 e. The second-order valence-corrected chi connectivity index (χ2v) is 11.3. The van der Waals surface area contributed by atoms with Gasteiger partial charge in [-0.15, -0.1) is 10.2 Å². The highest BCUT2D eigenvalue weighted by Crippen LogP contribution is 2.37. The molecule has 3 fully saturated rings. The zero-order valence-electron chi connectivity index (χ0n) is 22.8. The smallest absolute Gasteiger partial charge is 0.416 e. The van der Waals surface area contributed by atoms with Crippen LogP contribution < -0.4 is 11.1 Å². The molecule has 0 unspecified atom stereocenters. The first-order valence-electron chi connectivity index (χ1n) is 14.1. The van der Waals surface area contributed by atoms with Gasteiger partial charge < -0.3 is 26.0 Å². The van der Waals surface area contributed by atoms with E-state index in [1.807, 2.05) is 15.9 Å². The van der Waals surface area contributed by atoms with Gasteiger partial charge in [0.25, 0.3) is 0 Å². The number of phenolic OH excluding ortho intramolecular Hbond substituents is 1. The number of nitrogens with zero attached hydrogens (tertiary/aromatic N) is 5. The van der Waals surface area contributed by atoms with Crippen LogP contribution in [-0.2, 0) is 6.18 Å². The number of carbonyl (C=O) groups is 1. The number of halogens is 3. The molecule has 0 bridgehead atoms. The van der Waals surface area contributed by atoms with E-state index in [1.165, 1.54) is 6.07 Å². The van der Waals surface area contributed by atoms with Crippen molar-refractivity contribution in [2.75, 3.05) is 44.6 Å². The minimum absolute atomic E-state index is 0.144. The number of benzene rings is 1. The quantitative estimate of drug-likeness (QED) is 0.516. The molecule has 3 aliphatic heterocycles. The van der Waals surface area contributed by atoms with Crippen molar-refractivity contribution < 1.29 is 23.1 Å². The molecule has 9 nitrogen and oxygen atoms in total. The lowest BCUT2D eigenvalue weighted by Crippen LogP contribution is -2.54. The predicted molar refractivity (Wildman–Crippen MR) is 146 cm³/mol. The molecule has 0 saturated carbocycles. The molecule has 2 amide bonds. The lowest BCUT2D eigenvalue weighted by molar-refractivity contribution is -0.137. The first-order chi connectivity index (χ1) is 19.1. The summed E-state index contributed by atoms with van der Waals surface area (Å²) in [7, 11) is 0. The third-order valence-electron chi connectivity index (χ3n) is 8.43. The highest BCUT2D eigenvalue weighted by molar-refractivity contribution is 5.74. The Balaban J connectivity index is 1.15. The van der Waals surface area contributed by atoms with Crippen molar-refractivity contribution in [3.63, 3.8) is 0 Å². The molecular weight excluding hydrogens is 523 g/mol. The highest BCUT2D eigenvalue weighted by Gasteiger charge is 2.33. The van der Waals surface area contributed by atoms with Crippen LogP contribution in [0, 0.1) is 6.92 Å². The monoisotopic (exact) mass is 561 g/mol. The van der Waals surface area contributed by atoms with Crippen molar-refractivity contribution >= 4 is 11.8 Å². The zero-order valence-corrected chi connectivity index (χ0v) is 22.8. The molecule has 3 aliphatic rings. The average molecular weight is 562 g/mol. The summed E-state index contributed by atoms with van der Waals surface area (Å²) < 4.78 is 38.9. The summed E-state index contributed by atoms with van der Waals surface area (Å²) in [5, 5.41) is 22.2. The summed E-state index contributed by atoms with van der Waals surface area (Å²) in [5.41, 5.74) is 6.33. The standard InChI is InChI=1S/C28H38F3N7O2/c1-18-15-25(34-35-26(18)23-5-4-19(16-24(23)39)28(29,30)31)33-21-3-2-10-38(17-21)22-8-13-37(14-9-22)27(40)36-11-6-20(32)7-12-36/h4-5,15-16,20-22,39H,2-3,6-14,17,32H2,1H3,(H,33,34)/t21-/m1/s1. The molecule has 40 heavy (non-hydrogen) atoms. The number of rotatable bonds is 4. The van der Waals surface area contributed by atoms with E-state index >= 15 is 0 Å². The van der Waals surface area contributed by atoms with Crippen molar-refractivity contribution in [2.45, 2.75) is 69.8 Å². The molecular formula is C28H38F3N7O2. The first-order valence-corrected chi connectivity index (χ1v) is 14.1. The van der Waals surface area contributed by atoms with Crippen LogP contribution in [0.5, 0.6) is 5.75 Å². The molecule has 1 atom stereocenters. The van der Waals surface area contributed by atoms with Gasteiger partial charge in [-0.1, -0.05) is 0 Å². The van der Waals surface area contributed by atoms with Gasteiger partial charge in [0, 0.05) is 56.4 Å². The Hall–Kier alpha value is -3.12. The molecule has 5 rings (SSSR count). The fourth-order valence-electron chi connectivity index (χ4n) is 6.11. The number of anilines is 1. The number of urea groups is 1. The number of aryl methyl sites for hydroxylation is 1. The number of alkyl halides is 3. The summed E-state index contributed by atoms with van der Waals surface area (Å²) >= 11 is 0. The normalized spacial score (nSPS) is 22.0. The highest BCUT2D eigenvalue weighted by atomic mass is 19.4. The van der Waals surface area contributed by atoms with Crippen molar-refractivity contribution in [2.24, 2.45) is 5.73 Å². The third-order valence-corrected chi connectivity index (χ3v) is 8.43. The molecule has 4 N–H and O–H groups in total. The summed E-state index contributed by atoms with van der Waals surface area (Å²) in [6.07, 6.45) is 1.16.